The first-order valence-electron chi connectivity index (χ1n) is 7.66. The molecule has 6 nitrogen and oxygen atoms in total. The van der Waals surface area contributed by atoms with Gasteiger partial charge >= 0.3 is 0 Å². The fraction of sp³-hybridized carbons (Fsp3) is 0.588. The van der Waals surface area contributed by atoms with Crippen molar-refractivity contribution in [3.63, 3.8) is 0 Å². The molecule has 0 N–H and O–H groups in total. The van der Waals surface area contributed by atoms with Crippen molar-refractivity contribution in [2.45, 2.75) is 25.0 Å². The second-order valence-corrected chi connectivity index (χ2v) is 5.57. The summed E-state index contributed by atoms with van der Waals surface area (Å²) in [6, 6.07) is 5.55. The molecule has 1 saturated heterocycles. The summed E-state index contributed by atoms with van der Waals surface area (Å²) in [5.74, 6) is 0.832. The monoisotopic (exact) mass is 323 g/mol. The van der Waals surface area contributed by atoms with Gasteiger partial charge < -0.3 is 23.8 Å². The lowest BCUT2D eigenvalue weighted by Crippen LogP contribution is -2.49. The lowest BCUT2D eigenvalue weighted by Gasteiger charge is -2.39. The Morgan fingerprint density at radius 3 is 2.17 bits per heavy atom. The SMILES string of the molecule is COc1ccc(CC(=O)N2CCC(OC)(OC)CC2)cc1OC. The molecule has 2 rings (SSSR count). The Hall–Kier alpha value is -1.79. The van der Waals surface area contributed by atoms with Crippen LogP contribution in [-0.4, -0.2) is 58.1 Å². The van der Waals surface area contributed by atoms with Crippen LogP contribution in [0.15, 0.2) is 18.2 Å². The molecule has 0 aromatic heterocycles. The van der Waals surface area contributed by atoms with Crippen LogP contribution in [-0.2, 0) is 20.7 Å². The molecule has 0 atom stereocenters. The molecule has 1 aliphatic heterocycles. The Bertz CT molecular complexity index is 532. The predicted molar refractivity (Wildman–Crippen MR) is 85.8 cm³/mol. The minimum Gasteiger partial charge on any atom is -0.493 e. The fourth-order valence-electron chi connectivity index (χ4n) is 2.87. The van der Waals surface area contributed by atoms with Gasteiger partial charge in [0.25, 0.3) is 0 Å². The normalized spacial score (nSPS) is 17.0. The van der Waals surface area contributed by atoms with Crippen molar-refractivity contribution in [3.8, 4) is 11.5 Å². The maximum Gasteiger partial charge on any atom is 0.226 e. The van der Waals surface area contributed by atoms with Gasteiger partial charge in [0.1, 0.15) is 0 Å². The number of amides is 1. The third-order valence-electron chi connectivity index (χ3n) is 4.43. The Labute approximate surface area is 137 Å². The van der Waals surface area contributed by atoms with E-state index in [2.05, 4.69) is 0 Å². The third-order valence-corrected chi connectivity index (χ3v) is 4.43. The molecule has 1 aromatic rings. The number of hydrogen-bond donors (Lipinski definition) is 0. The van der Waals surface area contributed by atoms with Gasteiger partial charge in [0.2, 0.25) is 5.91 Å². The molecular weight excluding hydrogens is 298 g/mol. The molecule has 6 heteroatoms. The molecule has 0 unspecified atom stereocenters. The minimum absolute atomic E-state index is 0.0954. The zero-order valence-corrected chi connectivity index (χ0v) is 14.3. The first-order valence-corrected chi connectivity index (χ1v) is 7.66. The van der Waals surface area contributed by atoms with Gasteiger partial charge in [-0.3, -0.25) is 4.79 Å². The molecule has 23 heavy (non-hydrogen) atoms. The average Bonchev–Trinajstić information content (AvgIpc) is 2.61. The van der Waals surface area contributed by atoms with Crippen molar-refractivity contribution in [1.82, 2.24) is 4.90 Å². The third kappa shape index (κ3) is 3.95. The number of nitrogens with zero attached hydrogens (tertiary/aromatic N) is 1. The van der Waals surface area contributed by atoms with E-state index in [1.165, 1.54) is 0 Å². The second-order valence-electron chi connectivity index (χ2n) is 5.57. The van der Waals surface area contributed by atoms with Crippen LogP contribution in [0.5, 0.6) is 11.5 Å². The van der Waals surface area contributed by atoms with Crippen LogP contribution < -0.4 is 9.47 Å². The number of rotatable bonds is 6. The molecule has 1 aliphatic rings. The Kier molecular flexibility index (Phi) is 5.85. The van der Waals surface area contributed by atoms with Crippen LogP contribution in [0.4, 0.5) is 0 Å². The quantitative estimate of drug-likeness (QED) is 0.748. The van der Waals surface area contributed by atoms with Crippen molar-refractivity contribution in [2.75, 3.05) is 41.5 Å². The van der Waals surface area contributed by atoms with Crippen LogP contribution in [0, 0.1) is 0 Å². The van der Waals surface area contributed by atoms with Crippen molar-refractivity contribution in [2.24, 2.45) is 0 Å². The first kappa shape index (κ1) is 17.6. The van der Waals surface area contributed by atoms with Crippen LogP contribution in [0.25, 0.3) is 0 Å². The molecule has 128 valence electrons. The first-order chi connectivity index (χ1) is 11.1. The second kappa shape index (κ2) is 7.66. The van der Waals surface area contributed by atoms with Crippen molar-refractivity contribution >= 4 is 5.91 Å². The number of benzene rings is 1. The summed E-state index contributed by atoms with van der Waals surface area (Å²) in [5, 5.41) is 0. The Balaban J connectivity index is 1.98. The number of piperidine rings is 1. The smallest absolute Gasteiger partial charge is 0.226 e. The highest BCUT2D eigenvalue weighted by Gasteiger charge is 2.35. The van der Waals surface area contributed by atoms with Crippen LogP contribution in [0.2, 0.25) is 0 Å². The Morgan fingerprint density at radius 1 is 1.04 bits per heavy atom. The molecule has 1 heterocycles. The molecule has 0 spiro atoms. The number of likely N-dealkylation sites (tertiary alicyclic amines) is 1. The van der Waals surface area contributed by atoms with Gasteiger partial charge in [-0.05, 0) is 17.7 Å². The van der Waals surface area contributed by atoms with E-state index >= 15 is 0 Å². The van der Waals surface area contributed by atoms with Crippen LogP contribution in [0.1, 0.15) is 18.4 Å². The van der Waals surface area contributed by atoms with Gasteiger partial charge in [0.15, 0.2) is 17.3 Å². The van der Waals surface area contributed by atoms with Gasteiger partial charge in [0.05, 0.1) is 20.6 Å². The fourth-order valence-corrected chi connectivity index (χ4v) is 2.87. The molecule has 0 bridgehead atoms. The summed E-state index contributed by atoms with van der Waals surface area (Å²) in [4.78, 5) is 14.3. The standard InChI is InChI=1S/C17H25NO5/c1-20-14-6-5-13(11-15(14)21-2)12-16(19)18-9-7-17(22-3,23-4)8-10-18/h5-6,11H,7-10,12H2,1-4H3. The average molecular weight is 323 g/mol. The number of ether oxygens (including phenoxy) is 4. The van der Waals surface area contributed by atoms with Gasteiger partial charge in [-0.1, -0.05) is 6.07 Å². The maximum atomic E-state index is 12.5. The van der Waals surface area contributed by atoms with E-state index < -0.39 is 5.79 Å². The molecule has 0 radical (unpaired) electrons. The van der Waals surface area contributed by atoms with Crippen LogP contribution >= 0.6 is 0 Å². The maximum absolute atomic E-state index is 12.5. The van der Waals surface area contributed by atoms with Gasteiger partial charge in [-0.15, -0.1) is 0 Å². The molecular formula is C17H25NO5. The van der Waals surface area contributed by atoms with E-state index in [1.807, 2.05) is 23.1 Å². The minimum atomic E-state index is -0.555. The largest absolute Gasteiger partial charge is 0.493 e. The van der Waals surface area contributed by atoms with Crippen molar-refractivity contribution in [3.05, 3.63) is 23.8 Å². The molecule has 1 amide bonds. The summed E-state index contributed by atoms with van der Waals surface area (Å²) in [6.45, 7) is 1.27. The lowest BCUT2D eigenvalue weighted by atomic mass is 10.0. The molecule has 0 saturated carbocycles. The zero-order chi connectivity index (χ0) is 16.9. The molecule has 1 fully saturated rings. The Morgan fingerprint density at radius 2 is 1.65 bits per heavy atom. The van der Waals surface area contributed by atoms with E-state index in [1.54, 1.807) is 28.4 Å². The lowest BCUT2D eigenvalue weighted by molar-refractivity contribution is -0.228. The topological polar surface area (TPSA) is 57.2 Å². The summed E-state index contributed by atoms with van der Waals surface area (Å²) < 4.78 is 21.4. The van der Waals surface area contributed by atoms with E-state index in [4.69, 9.17) is 18.9 Å². The highest BCUT2D eigenvalue weighted by atomic mass is 16.7. The summed E-state index contributed by atoms with van der Waals surface area (Å²) >= 11 is 0. The summed E-state index contributed by atoms with van der Waals surface area (Å²) in [6.07, 6.45) is 1.70. The number of methoxy groups -OCH3 is 4. The predicted octanol–water partition coefficient (Wildman–Crippen LogP) is 1.86. The van der Waals surface area contributed by atoms with Crippen molar-refractivity contribution in [1.29, 1.82) is 0 Å². The zero-order valence-electron chi connectivity index (χ0n) is 14.3. The highest BCUT2D eigenvalue weighted by molar-refractivity contribution is 5.79. The van der Waals surface area contributed by atoms with E-state index in [-0.39, 0.29) is 5.91 Å². The molecule has 1 aromatic carbocycles. The summed E-state index contributed by atoms with van der Waals surface area (Å²) in [5.41, 5.74) is 0.906. The van der Waals surface area contributed by atoms with E-state index in [9.17, 15) is 4.79 Å². The van der Waals surface area contributed by atoms with Crippen molar-refractivity contribution < 1.29 is 23.7 Å². The van der Waals surface area contributed by atoms with E-state index in [0.29, 0.717) is 43.9 Å². The number of carbonyl (C=O) groups is 1. The van der Waals surface area contributed by atoms with Gasteiger partial charge in [-0.2, -0.15) is 0 Å². The highest BCUT2D eigenvalue weighted by Crippen LogP contribution is 2.29. The molecule has 0 aliphatic carbocycles. The summed E-state index contributed by atoms with van der Waals surface area (Å²) in [7, 11) is 6.46. The van der Waals surface area contributed by atoms with E-state index in [0.717, 1.165) is 5.56 Å². The van der Waals surface area contributed by atoms with Gasteiger partial charge in [0, 0.05) is 40.2 Å². The van der Waals surface area contributed by atoms with Crippen LogP contribution in [0.3, 0.4) is 0 Å². The number of hydrogen-bond acceptors (Lipinski definition) is 5. The van der Waals surface area contributed by atoms with Gasteiger partial charge in [-0.25, -0.2) is 0 Å². The number of carbonyl (C=O) groups excluding carboxylic acids is 1.